The van der Waals surface area contributed by atoms with E-state index in [4.69, 9.17) is 4.42 Å². The van der Waals surface area contributed by atoms with Gasteiger partial charge in [0.15, 0.2) is 0 Å². The molecule has 21 heavy (non-hydrogen) atoms. The number of aryl methyl sites for hydroxylation is 1. The van der Waals surface area contributed by atoms with E-state index in [2.05, 4.69) is 18.3 Å². The Hall–Kier alpha value is -1.29. The molecule has 1 aromatic heterocycles. The molecule has 1 heterocycles. The number of aliphatic hydroxyl groups excluding tert-OH is 1. The maximum Gasteiger partial charge on any atom is 0.220 e. The summed E-state index contributed by atoms with van der Waals surface area (Å²) >= 11 is 0. The lowest BCUT2D eigenvalue weighted by Crippen LogP contribution is -2.38. The van der Waals surface area contributed by atoms with Crippen LogP contribution in [0.5, 0.6) is 0 Å². The number of hydrogen-bond donors (Lipinski definition) is 2. The lowest BCUT2D eigenvalue weighted by molar-refractivity contribution is -0.122. The second kappa shape index (κ2) is 6.22. The summed E-state index contributed by atoms with van der Waals surface area (Å²) in [6, 6.07) is 4.30. The third-order valence-electron chi connectivity index (χ3n) is 4.82. The zero-order valence-corrected chi connectivity index (χ0v) is 12.7. The normalized spacial score (nSPS) is 31.9. The van der Waals surface area contributed by atoms with Crippen molar-refractivity contribution in [3.05, 3.63) is 23.7 Å². The minimum absolute atomic E-state index is 0.0918. The lowest BCUT2D eigenvalue weighted by Gasteiger charge is -2.26. The first-order valence-electron chi connectivity index (χ1n) is 8.18. The molecular formula is C17H25NO3. The molecule has 4 heteroatoms. The number of aliphatic hydroxyl groups is 1. The summed E-state index contributed by atoms with van der Waals surface area (Å²) in [6.45, 7) is 2.24. The molecule has 2 aliphatic rings. The Morgan fingerprint density at radius 2 is 2.05 bits per heavy atom. The maximum absolute atomic E-state index is 12.0. The summed E-state index contributed by atoms with van der Waals surface area (Å²) in [6.07, 6.45) is 5.56. The van der Waals surface area contributed by atoms with Crippen molar-refractivity contribution in [1.29, 1.82) is 0 Å². The fourth-order valence-electron chi connectivity index (χ4n) is 3.20. The van der Waals surface area contributed by atoms with Gasteiger partial charge in [-0.3, -0.25) is 4.79 Å². The molecule has 4 nitrogen and oxygen atoms in total. The van der Waals surface area contributed by atoms with Crippen LogP contribution in [0, 0.1) is 5.92 Å². The number of nitrogens with one attached hydrogen (secondary N) is 1. The van der Waals surface area contributed by atoms with Gasteiger partial charge < -0.3 is 14.8 Å². The van der Waals surface area contributed by atoms with Crippen LogP contribution < -0.4 is 5.32 Å². The standard InChI is InChI=1S/C17H25NO3/c1-11-10-15(11)16-8-6-14(21-16)7-9-17(20)18-12-2-4-13(19)5-3-12/h6,8,11-13,15,19H,2-5,7,9-10H2,1H3,(H,18,20). The van der Waals surface area contributed by atoms with E-state index in [0.717, 1.165) is 43.1 Å². The molecule has 2 N–H and O–H groups in total. The monoisotopic (exact) mass is 291 g/mol. The van der Waals surface area contributed by atoms with Crippen LogP contribution in [0.1, 0.15) is 62.9 Å². The largest absolute Gasteiger partial charge is 0.466 e. The Balaban J connectivity index is 1.40. The minimum atomic E-state index is -0.176. The van der Waals surface area contributed by atoms with E-state index in [-0.39, 0.29) is 18.1 Å². The summed E-state index contributed by atoms with van der Waals surface area (Å²) in [7, 11) is 0. The molecule has 0 saturated heterocycles. The first-order chi connectivity index (χ1) is 10.1. The Kier molecular flexibility index (Phi) is 4.34. The molecule has 2 aliphatic carbocycles. The molecule has 0 aliphatic heterocycles. The summed E-state index contributed by atoms with van der Waals surface area (Å²) in [5, 5.41) is 12.5. The van der Waals surface area contributed by atoms with Gasteiger partial charge in [0.2, 0.25) is 5.91 Å². The predicted octanol–water partition coefficient (Wildman–Crippen LogP) is 2.76. The van der Waals surface area contributed by atoms with Crippen LogP contribution in [0.4, 0.5) is 0 Å². The van der Waals surface area contributed by atoms with Gasteiger partial charge in [0.05, 0.1) is 6.10 Å². The first-order valence-corrected chi connectivity index (χ1v) is 8.18. The van der Waals surface area contributed by atoms with Crippen molar-refractivity contribution < 1.29 is 14.3 Å². The van der Waals surface area contributed by atoms with Crippen LogP contribution in [-0.4, -0.2) is 23.2 Å². The van der Waals surface area contributed by atoms with Crippen molar-refractivity contribution in [2.45, 2.75) is 69.9 Å². The van der Waals surface area contributed by atoms with Crippen LogP contribution in [0.2, 0.25) is 0 Å². The van der Waals surface area contributed by atoms with Gasteiger partial charge in [-0.2, -0.15) is 0 Å². The molecule has 1 amide bonds. The number of hydrogen-bond acceptors (Lipinski definition) is 3. The van der Waals surface area contributed by atoms with Crippen LogP contribution in [0.3, 0.4) is 0 Å². The molecule has 0 radical (unpaired) electrons. The van der Waals surface area contributed by atoms with Gasteiger partial charge in [-0.1, -0.05) is 6.92 Å². The molecule has 2 atom stereocenters. The van der Waals surface area contributed by atoms with E-state index in [1.54, 1.807) is 0 Å². The van der Waals surface area contributed by atoms with Gasteiger partial charge in [-0.15, -0.1) is 0 Å². The van der Waals surface area contributed by atoms with Crippen molar-refractivity contribution in [3.8, 4) is 0 Å². The predicted molar refractivity (Wildman–Crippen MR) is 80.0 cm³/mol. The van der Waals surface area contributed by atoms with E-state index in [1.165, 1.54) is 6.42 Å². The van der Waals surface area contributed by atoms with Gasteiger partial charge >= 0.3 is 0 Å². The number of furan rings is 1. The van der Waals surface area contributed by atoms with Crippen LogP contribution in [0.15, 0.2) is 16.5 Å². The second-order valence-electron chi connectivity index (χ2n) is 6.70. The van der Waals surface area contributed by atoms with E-state index >= 15 is 0 Å². The highest BCUT2D eigenvalue weighted by molar-refractivity contribution is 5.76. The highest BCUT2D eigenvalue weighted by Gasteiger charge is 2.36. The average molecular weight is 291 g/mol. The smallest absolute Gasteiger partial charge is 0.220 e. The number of amides is 1. The fourth-order valence-corrected chi connectivity index (χ4v) is 3.20. The summed E-state index contributed by atoms with van der Waals surface area (Å²) in [5.41, 5.74) is 0. The van der Waals surface area contributed by atoms with Crippen molar-refractivity contribution >= 4 is 5.91 Å². The number of carbonyl (C=O) groups is 1. The van der Waals surface area contributed by atoms with E-state index in [0.29, 0.717) is 18.8 Å². The Morgan fingerprint density at radius 3 is 2.71 bits per heavy atom. The van der Waals surface area contributed by atoms with E-state index < -0.39 is 0 Å². The maximum atomic E-state index is 12.0. The van der Waals surface area contributed by atoms with Crippen molar-refractivity contribution in [1.82, 2.24) is 5.32 Å². The van der Waals surface area contributed by atoms with E-state index in [1.807, 2.05) is 6.07 Å². The molecule has 3 rings (SSSR count). The molecule has 2 unspecified atom stereocenters. The summed E-state index contributed by atoms with van der Waals surface area (Å²) < 4.78 is 5.82. The van der Waals surface area contributed by atoms with E-state index in [9.17, 15) is 9.90 Å². The molecule has 0 spiro atoms. The van der Waals surface area contributed by atoms with Gasteiger partial charge in [0, 0.05) is 24.8 Å². The van der Waals surface area contributed by atoms with Gasteiger partial charge in [-0.05, 0) is 50.2 Å². The topological polar surface area (TPSA) is 62.5 Å². The fraction of sp³-hybridized carbons (Fsp3) is 0.706. The molecule has 116 valence electrons. The molecular weight excluding hydrogens is 266 g/mol. The molecule has 1 aromatic rings. The molecule has 2 saturated carbocycles. The van der Waals surface area contributed by atoms with Crippen molar-refractivity contribution in [2.24, 2.45) is 5.92 Å². The molecule has 0 bridgehead atoms. The van der Waals surface area contributed by atoms with Crippen molar-refractivity contribution in [3.63, 3.8) is 0 Å². The lowest BCUT2D eigenvalue weighted by atomic mass is 9.93. The SMILES string of the molecule is CC1CC1c1ccc(CCC(=O)NC2CCC(O)CC2)o1. The van der Waals surface area contributed by atoms with Gasteiger partial charge in [-0.25, -0.2) is 0 Å². The Morgan fingerprint density at radius 1 is 1.33 bits per heavy atom. The number of rotatable bonds is 5. The zero-order valence-electron chi connectivity index (χ0n) is 12.7. The third-order valence-corrected chi connectivity index (χ3v) is 4.82. The van der Waals surface area contributed by atoms with Crippen LogP contribution in [0.25, 0.3) is 0 Å². The summed E-state index contributed by atoms with van der Waals surface area (Å²) in [5.74, 6) is 3.43. The van der Waals surface area contributed by atoms with Gasteiger partial charge in [0.25, 0.3) is 0 Å². The quantitative estimate of drug-likeness (QED) is 0.877. The van der Waals surface area contributed by atoms with Crippen molar-refractivity contribution in [2.75, 3.05) is 0 Å². The summed E-state index contributed by atoms with van der Waals surface area (Å²) in [4.78, 5) is 12.0. The minimum Gasteiger partial charge on any atom is -0.466 e. The average Bonchev–Trinajstić information content (AvgIpc) is 3.01. The van der Waals surface area contributed by atoms with Crippen LogP contribution in [-0.2, 0) is 11.2 Å². The second-order valence-corrected chi connectivity index (χ2v) is 6.70. The number of carbonyl (C=O) groups excluding carboxylic acids is 1. The highest BCUT2D eigenvalue weighted by atomic mass is 16.3. The first kappa shape index (κ1) is 14.6. The highest BCUT2D eigenvalue weighted by Crippen LogP contribution is 2.47. The third kappa shape index (κ3) is 3.88. The van der Waals surface area contributed by atoms with Gasteiger partial charge in [0.1, 0.15) is 11.5 Å². The van der Waals surface area contributed by atoms with Crippen LogP contribution >= 0.6 is 0 Å². The Labute approximate surface area is 125 Å². The Bertz CT molecular complexity index is 488. The zero-order chi connectivity index (χ0) is 14.8. The molecule has 2 fully saturated rings. The molecule has 0 aromatic carbocycles.